The van der Waals surface area contributed by atoms with Gasteiger partial charge in [-0.2, -0.15) is 0 Å². The van der Waals surface area contributed by atoms with Gasteiger partial charge in [-0.3, -0.25) is 18.6 Å². The van der Waals surface area contributed by atoms with Crippen LogP contribution in [0.2, 0.25) is 0 Å². The molecule has 0 bridgehead atoms. The van der Waals surface area contributed by atoms with Crippen molar-refractivity contribution in [1.29, 1.82) is 0 Å². The third-order valence-corrected chi connectivity index (χ3v) is 9.93. The van der Waals surface area contributed by atoms with Gasteiger partial charge < -0.3 is 39.9 Å². The largest absolute Gasteiger partial charge is 0.472 e. The van der Waals surface area contributed by atoms with Crippen LogP contribution in [-0.2, 0) is 32.7 Å². The predicted molar refractivity (Wildman–Crippen MR) is 184 cm³/mol. The van der Waals surface area contributed by atoms with Crippen molar-refractivity contribution >= 4 is 19.8 Å². The summed E-state index contributed by atoms with van der Waals surface area (Å²) in [6.07, 6.45) is 9.77. The normalized spacial score (nSPS) is 24.3. The number of ether oxygens (including phenoxy) is 2. The Balaban J connectivity index is 2.43. The molecule has 1 saturated carbocycles. The van der Waals surface area contributed by atoms with Gasteiger partial charge in [0.15, 0.2) is 6.10 Å². The summed E-state index contributed by atoms with van der Waals surface area (Å²) in [6, 6.07) is 0. The lowest BCUT2D eigenvalue weighted by Crippen LogP contribution is -2.64. The van der Waals surface area contributed by atoms with Crippen LogP contribution in [0.3, 0.4) is 0 Å². The second-order valence-electron chi connectivity index (χ2n) is 13.4. The molecular formula is C35H67O13P. The van der Waals surface area contributed by atoms with Gasteiger partial charge in [0.05, 0.1) is 6.61 Å². The van der Waals surface area contributed by atoms with Crippen molar-refractivity contribution < 1.29 is 63.1 Å². The van der Waals surface area contributed by atoms with Gasteiger partial charge >= 0.3 is 19.8 Å². The second kappa shape index (κ2) is 27.5. The molecule has 0 saturated heterocycles. The number of hydrogen-bond acceptors (Lipinski definition) is 12. The fourth-order valence-electron chi connectivity index (χ4n) is 5.82. The van der Waals surface area contributed by atoms with Crippen molar-refractivity contribution in [2.75, 3.05) is 13.2 Å². The number of rotatable bonds is 30. The van der Waals surface area contributed by atoms with Crippen molar-refractivity contribution in [2.45, 2.75) is 198 Å². The molecule has 0 heterocycles. The topological polar surface area (TPSA) is 210 Å². The smallest absolute Gasteiger partial charge is 0.462 e. The van der Waals surface area contributed by atoms with E-state index < -0.39 is 75.7 Å². The van der Waals surface area contributed by atoms with E-state index in [1.54, 1.807) is 0 Å². The number of carbonyl (C=O) groups is 2. The van der Waals surface area contributed by atoms with E-state index >= 15 is 0 Å². The lowest BCUT2D eigenvalue weighted by Gasteiger charge is -2.41. The fraction of sp³-hybridized carbons (Fsp3) is 0.943. The van der Waals surface area contributed by atoms with Crippen LogP contribution < -0.4 is 0 Å². The van der Waals surface area contributed by atoms with Crippen molar-refractivity contribution in [1.82, 2.24) is 0 Å². The zero-order valence-corrected chi connectivity index (χ0v) is 30.9. The monoisotopic (exact) mass is 726 g/mol. The van der Waals surface area contributed by atoms with E-state index in [1.807, 2.05) is 6.92 Å². The maximum atomic E-state index is 12.7. The molecule has 1 aliphatic carbocycles. The molecule has 0 aromatic carbocycles. The van der Waals surface area contributed by atoms with E-state index in [0.717, 1.165) is 38.5 Å². The van der Waals surface area contributed by atoms with Gasteiger partial charge in [0, 0.05) is 12.8 Å². The Morgan fingerprint density at radius 2 is 0.918 bits per heavy atom. The van der Waals surface area contributed by atoms with E-state index in [9.17, 15) is 44.6 Å². The zero-order valence-electron chi connectivity index (χ0n) is 30.0. The number of phosphoric acid groups is 1. The van der Waals surface area contributed by atoms with Crippen LogP contribution in [0.25, 0.3) is 0 Å². The summed E-state index contributed by atoms with van der Waals surface area (Å²) in [7, 11) is -5.09. The first kappa shape index (κ1) is 45.9. The maximum Gasteiger partial charge on any atom is 0.472 e. The Morgan fingerprint density at radius 1 is 0.551 bits per heavy atom. The molecule has 1 rings (SSSR count). The molecule has 6 N–H and O–H groups in total. The summed E-state index contributed by atoms with van der Waals surface area (Å²) >= 11 is 0. The third-order valence-electron chi connectivity index (χ3n) is 8.95. The summed E-state index contributed by atoms with van der Waals surface area (Å²) in [5, 5.41) is 49.7. The highest BCUT2D eigenvalue weighted by Gasteiger charge is 2.51. The molecule has 49 heavy (non-hydrogen) atoms. The molecule has 0 aromatic heterocycles. The number of carbonyl (C=O) groups excluding carboxylic acids is 2. The van der Waals surface area contributed by atoms with Gasteiger partial charge in [0.1, 0.15) is 43.2 Å². The molecule has 6 atom stereocenters. The summed E-state index contributed by atoms with van der Waals surface area (Å²) in [5.74, 6) is -1.11. The van der Waals surface area contributed by atoms with Gasteiger partial charge in [-0.05, 0) is 12.8 Å². The Kier molecular flexibility index (Phi) is 25.7. The molecule has 1 aliphatic rings. The lowest BCUT2D eigenvalue weighted by molar-refractivity contribution is -0.220. The van der Waals surface area contributed by atoms with Crippen molar-refractivity contribution in [3.63, 3.8) is 0 Å². The quantitative estimate of drug-likeness (QED) is 0.0312. The minimum atomic E-state index is -5.09. The minimum absolute atomic E-state index is 0.103. The number of esters is 2. The highest BCUT2D eigenvalue weighted by molar-refractivity contribution is 7.47. The van der Waals surface area contributed by atoms with Crippen molar-refractivity contribution in [3.8, 4) is 0 Å². The molecule has 13 nitrogen and oxygen atoms in total. The average molecular weight is 727 g/mol. The summed E-state index contributed by atoms with van der Waals surface area (Å²) in [4.78, 5) is 35.0. The SMILES string of the molecule is CCCCCCCCCCCCCCCCCCC(=O)OC(COC(=O)CCCCCC)COP(=O)(O)OC1C(O)C(O)C(O)C(O)C1O. The van der Waals surface area contributed by atoms with Gasteiger partial charge in [-0.15, -0.1) is 0 Å². The van der Waals surface area contributed by atoms with Crippen molar-refractivity contribution in [3.05, 3.63) is 0 Å². The highest BCUT2D eigenvalue weighted by atomic mass is 31.2. The van der Waals surface area contributed by atoms with Crippen LogP contribution in [0.5, 0.6) is 0 Å². The fourth-order valence-corrected chi connectivity index (χ4v) is 6.79. The van der Waals surface area contributed by atoms with Gasteiger partial charge in [0.2, 0.25) is 0 Å². The van der Waals surface area contributed by atoms with Crippen LogP contribution >= 0.6 is 7.82 Å². The van der Waals surface area contributed by atoms with Crippen LogP contribution in [0.4, 0.5) is 0 Å². The zero-order chi connectivity index (χ0) is 36.5. The molecule has 0 amide bonds. The molecular weight excluding hydrogens is 659 g/mol. The highest BCUT2D eigenvalue weighted by Crippen LogP contribution is 2.47. The molecule has 290 valence electrons. The summed E-state index contributed by atoms with van der Waals surface area (Å²) in [6.45, 7) is 3.12. The number of aliphatic hydroxyl groups is 5. The Morgan fingerprint density at radius 3 is 1.37 bits per heavy atom. The van der Waals surface area contributed by atoms with E-state index in [4.69, 9.17) is 18.5 Å². The predicted octanol–water partition coefficient (Wildman–Crippen LogP) is 5.38. The molecule has 14 heteroatoms. The Hall–Kier alpha value is -1.15. The molecule has 1 fully saturated rings. The number of aliphatic hydroxyl groups excluding tert-OH is 5. The standard InChI is InChI=1S/C35H67O13P/c1-3-5-7-9-10-11-12-13-14-15-16-17-18-19-20-22-24-29(37)47-27(25-45-28(36)23-21-8-6-4-2)26-46-49(43,44)48-35-33(41)31(39)30(38)32(40)34(35)42/h27,30-35,38-42H,3-26H2,1-2H3,(H,43,44). The Labute approximate surface area is 293 Å². The second-order valence-corrected chi connectivity index (χ2v) is 14.9. The first-order valence-electron chi connectivity index (χ1n) is 18.8. The first-order chi connectivity index (χ1) is 23.4. The number of hydrogen-bond donors (Lipinski definition) is 6. The van der Waals surface area contributed by atoms with Gasteiger partial charge in [-0.1, -0.05) is 129 Å². The average Bonchev–Trinajstić information content (AvgIpc) is 3.07. The first-order valence-corrected chi connectivity index (χ1v) is 20.3. The lowest BCUT2D eigenvalue weighted by atomic mass is 9.85. The van der Waals surface area contributed by atoms with E-state index in [1.165, 1.54) is 77.0 Å². The van der Waals surface area contributed by atoms with Crippen LogP contribution in [-0.4, -0.2) is 98.3 Å². The molecule has 0 radical (unpaired) electrons. The van der Waals surface area contributed by atoms with E-state index in [-0.39, 0.29) is 12.8 Å². The van der Waals surface area contributed by atoms with Gasteiger partial charge in [-0.25, -0.2) is 4.57 Å². The van der Waals surface area contributed by atoms with Crippen LogP contribution in [0, 0.1) is 0 Å². The summed E-state index contributed by atoms with van der Waals surface area (Å²) < 4.78 is 33.0. The Bertz CT molecular complexity index is 891. The molecule has 0 aliphatic heterocycles. The summed E-state index contributed by atoms with van der Waals surface area (Å²) in [5.41, 5.74) is 0. The van der Waals surface area contributed by atoms with Crippen LogP contribution in [0.15, 0.2) is 0 Å². The maximum absolute atomic E-state index is 12.7. The van der Waals surface area contributed by atoms with Crippen molar-refractivity contribution in [2.24, 2.45) is 0 Å². The molecule has 6 unspecified atom stereocenters. The van der Waals surface area contributed by atoms with E-state index in [2.05, 4.69) is 6.92 Å². The van der Waals surface area contributed by atoms with Gasteiger partial charge in [0.25, 0.3) is 0 Å². The number of unbranched alkanes of at least 4 members (excludes halogenated alkanes) is 18. The van der Waals surface area contributed by atoms with Crippen LogP contribution in [0.1, 0.15) is 155 Å². The number of phosphoric ester groups is 1. The molecule has 0 spiro atoms. The minimum Gasteiger partial charge on any atom is -0.462 e. The van der Waals surface area contributed by atoms with E-state index in [0.29, 0.717) is 12.8 Å². The molecule has 0 aromatic rings. The third kappa shape index (κ3) is 21.1.